The molecule has 4 fully saturated rings. The van der Waals surface area contributed by atoms with Crippen LogP contribution in [0.4, 0.5) is 0 Å². The van der Waals surface area contributed by atoms with Crippen molar-refractivity contribution >= 4 is 18.0 Å². The average molecular weight is 635 g/mol. The molecule has 1 aromatic carbocycles. The molecule has 0 saturated heterocycles. The lowest BCUT2D eigenvalue weighted by Gasteiger charge is -2.71. The molecule has 1 aromatic rings. The number of hydrogen-bond donors (Lipinski definition) is 4. The van der Waals surface area contributed by atoms with Gasteiger partial charge in [0.15, 0.2) is 11.5 Å². The van der Waals surface area contributed by atoms with E-state index in [1.54, 1.807) is 6.07 Å². The van der Waals surface area contributed by atoms with E-state index in [9.17, 15) is 30.0 Å². The Morgan fingerprint density at radius 3 is 2.26 bits per heavy atom. The summed E-state index contributed by atoms with van der Waals surface area (Å²) in [4.78, 5) is 26.0. The summed E-state index contributed by atoms with van der Waals surface area (Å²) in [6.45, 7) is 16.1. The van der Waals surface area contributed by atoms with E-state index in [4.69, 9.17) is 4.74 Å². The van der Waals surface area contributed by atoms with Crippen LogP contribution in [0.5, 0.6) is 11.5 Å². The second-order valence-electron chi connectivity index (χ2n) is 17.7. The van der Waals surface area contributed by atoms with Crippen LogP contribution in [0.1, 0.15) is 112 Å². The lowest BCUT2D eigenvalue weighted by Crippen LogP contribution is -2.67. The molecule has 7 nitrogen and oxygen atoms in total. The smallest absolute Gasteiger partial charge is 0.331 e. The van der Waals surface area contributed by atoms with Crippen LogP contribution in [0.3, 0.4) is 0 Å². The van der Waals surface area contributed by atoms with Crippen molar-refractivity contribution in [2.75, 3.05) is 0 Å². The van der Waals surface area contributed by atoms with Crippen LogP contribution in [0.2, 0.25) is 0 Å². The van der Waals surface area contributed by atoms with E-state index >= 15 is 0 Å². The summed E-state index contributed by atoms with van der Waals surface area (Å²) in [7, 11) is 0. The molecule has 7 heteroatoms. The lowest BCUT2D eigenvalue weighted by molar-refractivity contribution is -0.238. The number of benzene rings is 1. The van der Waals surface area contributed by atoms with E-state index in [0.717, 1.165) is 51.4 Å². The zero-order valence-corrected chi connectivity index (χ0v) is 28.7. The third-order valence-electron chi connectivity index (χ3n) is 14.6. The third-order valence-corrected chi connectivity index (χ3v) is 14.6. The number of esters is 1. The standard InChI is InChI=1S/C39H54O7/c1-34(2)16-18-39(33(44)45)19-17-37(6)24(25(39)21-34)10-12-30-36(5)22-28(42)32(35(3,4)29(36)14-15-38(30,37)7)46-31(43)13-9-23-8-11-26(40)27(41)20-23/h8-11,13,20,25,28-30,32,40-42H,12,14-19,21-22H2,1-7H3,(H,44,45)/t25-,28-,29+,30-,32+,36+,37-,38-,39-/m1/s1. The topological polar surface area (TPSA) is 124 Å². The van der Waals surface area contributed by atoms with Crippen LogP contribution in [0, 0.1) is 50.2 Å². The number of carbonyl (C=O) groups is 2. The molecule has 4 N–H and O–H groups in total. The van der Waals surface area contributed by atoms with Crippen molar-refractivity contribution in [3.05, 3.63) is 41.5 Å². The van der Waals surface area contributed by atoms with Gasteiger partial charge in [-0.3, -0.25) is 4.79 Å². The number of hydrogen-bond acceptors (Lipinski definition) is 6. The molecule has 0 bridgehead atoms. The maximum absolute atomic E-state index is 13.0. The number of ether oxygens (including phenoxy) is 1. The van der Waals surface area contributed by atoms with Gasteiger partial charge < -0.3 is 25.2 Å². The Balaban J connectivity index is 1.28. The van der Waals surface area contributed by atoms with Gasteiger partial charge in [-0.25, -0.2) is 4.79 Å². The molecule has 0 unspecified atom stereocenters. The minimum atomic E-state index is -0.822. The number of aliphatic hydroxyl groups excluding tert-OH is 1. The van der Waals surface area contributed by atoms with Crippen molar-refractivity contribution in [3.63, 3.8) is 0 Å². The van der Waals surface area contributed by atoms with Gasteiger partial charge in [0.05, 0.1) is 11.5 Å². The van der Waals surface area contributed by atoms with Crippen LogP contribution >= 0.6 is 0 Å². The Labute approximate surface area is 274 Å². The van der Waals surface area contributed by atoms with Crippen molar-refractivity contribution < 1.29 is 34.8 Å². The largest absolute Gasteiger partial charge is 0.504 e. The van der Waals surface area contributed by atoms with Crippen molar-refractivity contribution in [2.45, 2.75) is 118 Å². The molecule has 0 amide bonds. The zero-order chi connectivity index (χ0) is 33.7. The summed E-state index contributed by atoms with van der Waals surface area (Å²) in [5.74, 6) is -1.06. The fourth-order valence-electron chi connectivity index (χ4n) is 12.0. The van der Waals surface area contributed by atoms with Gasteiger partial charge in [0.25, 0.3) is 0 Å². The fraction of sp³-hybridized carbons (Fsp3) is 0.692. The zero-order valence-electron chi connectivity index (χ0n) is 28.7. The maximum atomic E-state index is 13.0. The highest BCUT2D eigenvalue weighted by molar-refractivity contribution is 5.87. The van der Waals surface area contributed by atoms with Gasteiger partial charge in [-0.2, -0.15) is 0 Å². The van der Waals surface area contributed by atoms with Crippen molar-refractivity contribution in [1.29, 1.82) is 0 Å². The summed E-state index contributed by atoms with van der Waals surface area (Å²) >= 11 is 0. The number of fused-ring (bicyclic) bond motifs is 7. The van der Waals surface area contributed by atoms with Crippen LogP contribution in [-0.2, 0) is 14.3 Å². The molecule has 0 radical (unpaired) electrons. The van der Waals surface area contributed by atoms with Gasteiger partial charge in [0.1, 0.15) is 6.10 Å². The number of allylic oxidation sites excluding steroid dienone is 2. The highest BCUT2D eigenvalue weighted by Crippen LogP contribution is 2.75. The summed E-state index contributed by atoms with van der Waals surface area (Å²) in [5, 5.41) is 41.7. The number of phenols is 2. The Bertz CT molecular complexity index is 1490. The first-order valence-corrected chi connectivity index (χ1v) is 17.3. The summed E-state index contributed by atoms with van der Waals surface area (Å²) in [6.07, 6.45) is 11.4. The van der Waals surface area contributed by atoms with E-state index in [1.165, 1.54) is 29.9 Å². The first-order valence-electron chi connectivity index (χ1n) is 17.3. The molecule has 0 heterocycles. The molecular weight excluding hydrogens is 580 g/mol. The van der Waals surface area contributed by atoms with E-state index < -0.39 is 35.0 Å². The molecule has 46 heavy (non-hydrogen) atoms. The van der Waals surface area contributed by atoms with Gasteiger partial charge in [-0.1, -0.05) is 66.2 Å². The second kappa shape index (κ2) is 10.6. The first-order chi connectivity index (χ1) is 21.3. The quantitative estimate of drug-likeness (QED) is 0.115. The predicted octanol–water partition coefficient (Wildman–Crippen LogP) is 7.88. The Morgan fingerprint density at radius 2 is 1.59 bits per heavy atom. The van der Waals surface area contributed by atoms with E-state index in [2.05, 4.69) is 54.5 Å². The Hall–Kier alpha value is -2.80. The Morgan fingerprint density at radius 1 is 0.891 bits per heavy atom. The first kappa shape index (κ1) is 33.1. The molecular formula is C39H54O7. The minimum Gasteiger partial charge on any atom is -0.504 e. The molecule has 5 aliphatic carbocycles. The number of phenolic OH excluding ortho intramolecular Hbond substituents is 2. The summed E-state index contributed by atoms with van der Waals surface area (Å²) in [6, 6.07) is 4.33. The number of aliphatic hydroxyl groups is 1. The average Bonchev–Trinajstić information content (AvgIpc) is 2.95. The van der Waals surface area contributed by atoms with Crippen molar-refractivity contribution in [1.82, 2.24) is 0 Å². The van der Waals surface area contributed by atoms with Gasteiger partial charge in [0.2, 0.25) is 0 Å². The second-order valence-corrected chi connectivity index (χ2v) is 17.7. The highest BCUT2D eigenvalue weighted by atomic mass is 16.6. The van der Waals surface area contributed by atoms with Crippen LogP contribution in [-0.4, -0.2) is 44.6 Å². The number of aliphatic carboxylic acids is 1. The van der Waals surface area contributed by atoms with Crippen LogP contribution in [0.25, 0.3) is 6.08 Å². The van der Waals surface area contributed by atoms with E-state index in [-0.39, 0.29) is 45.0 Å². The fourth-order valence-corrected chi connectivity index (χ4v) is 12.0. The van der Waals surface area contributed by atoms with E-state index in [1.807, 2.05) is 0 Å². The molecule has 0 aromatic heterocycles. The number of carboxylic acids is 1. The third kappa shape index (κ3) is 4.69. The van der Waals surface area contributed by atoms with Gasteiger partial charge in [-0.15, -0.1) is 0 Å². The molecule has 0 spiro atoms. The van der Waals surface area contributed by atoms with Crippen LogP contribution < -0.4 is 0 Å². The number of aromatic hydroxyl groups is 2. The maximum Gasteiger partial charge on any atom is 0.331 e. The van der Waals surface area contributed by atoms with Crippen LogP contribution in [0.15, 0.2) is 35.9 Å². The van der Waals surface area contributed by atoms with Gasteiger partial charge in [0, 0.05) is 11.5 Å². The number of carbonyl (C=O) groups excluding carboxylic acids is 1. The molecule has 0 aliphatic heterocycles. The van der Waals surface area contributed by atoms with Gasteiger partial charge in [-0.05, 0) is 121 Å². The summed E-state index contributed by atoms with van der Waals surface area (Å²) in [5.41, 5.74) is 0.601. The van der Waals surface area contributed by atoms with Gasteiger partial charge >= 0.3 is 11.9 Å². The molecule has 9 atom stereocenters. The monoisotopic (exact) mass is 634 g/mol. The lowest BCUT2D eigenvalue weighted by atomic mass is 9.33. The minimum absolute atomic E-state index is 0.0354. The van der Waals surface area contributed by atoms with E-state index in [0.29, 0.717) is 17.9 Å². The highest BCUT2D eigenvalue weighted by Gasteiger charge is 2.70. The SMILES string of the molecule is CC1(C)CC[C@@]2(C(=O)O)CC[C@]3(C)C(=CC[C@@H]4[C@@]5(C)C[C@@H](O)[C@H](OC(=O)C=Cc6ccc(O)c(O)c6)C(C)(C)[C@@H]5CC[C@]43C)[C@H]2C1. The van der Waals surface area contributed by atoms with Crippen molar-refractivity contribution in [2.24, 2.45) is 50.2 Å². The van der Waals surface area contributed by atoms with Crippen molar-refractivity contribution in [3.8, 4) is 11.5 Å². The molecule has 6 rings (SSSR count). The molecule has 4 saturated carbocycles. The molecule has 5 aliphatic rings. The normalized spacial score (nSPS) is 42.5. The summed E-state index contributed by atoms with van der Waals surface area (Å²) < 4.78 is 6.01. The predicted molar refractivity (Wildman–Crippen MR) is 177 cm³/mol. The number of carboxylic acid groups (broad SMARTS) is 1. The molecule has 252 valence electrons. The number of rotatable bonds is 4. The Kier molecular flexibility index (Phi) is 7.63.